The van der Waals surface area contributed by atoms with Gasteiger partial charge in [-0.05, 0) is 12.2 Å². The Kier molecular flexibility index (Phi) is 6.17. The molecule has 142 valence electrons. The van der Waals surface area contributed by atoms with Gasteiger partial charge in [0, 0.05) is 12.3 Å². The summed E-state index contributed by atoms with van der Waals surface area (Å²) in [6.07, 6.45) is -4.46. The highest BCUT2D eigenvalue weighted by Gasteiger charge is 2.44. The lowest BCUT2D eigenvalue weighted by Gasteiger charge is -2.29. The molecule has 1 aromatic rings. The normalized spacial score (nSPS) is 31.4. The van der Waals surface area contributed by atoms with Crippen molar-refractivity contribution >= 4 is 27.4 Å². The summed E-state index contributed by atoms with van der Waals surface area (Å²) >= 11 is 4.91. The molecule has 12 nitrogen and oxygen atoms in total. The van der Waals surface area contributed by atoms with E-state index in [-0.39, 0.29) is 4.77 Å². The zero-order valence-electron chi connectivity index (χ0n) is 12.3. The van der Waals surface area contributed by atoms with Gasteiger partial charge in [-0.1, -0.05) is 0 Å². The molecule has 2 heterocycles. The molecule has 0 bridgehead atoms. The Morgan fingerprint density at radius 1 is 1.36 bits per heavy atom. The maximum absolute atomic E-state index is 11.4. The SMILES string of the molecule is O=c1ccn([C@@H]2O[C@H](COP(=O)([O-])CP(=O)([O-])O)[C@@H](O)[C@H]2O)c(=S)[nH]1. The van der Waals surface area contributed by atoms with Gasteiger partial charge < -0.3 is 43.3 Å². The Hall–Kier alpha value is -0.720. The third-order valence-corrected chi connectivity index (χ3v) is 6.92. The molecule has 1 aromatic heterocycles. The maximum Gasteiger partial charge on any atom is 0.251 e. The van der Waals surface area contributed by atoms with Crippen molar-refractivity contribution in [2.45, 2.75) is 24.5 Å². The minimum Gasteiger partial charge on any atom is -0.778 e. The highest BCUT2D eigenvalue weighted by Crippen LogP contribution is 2.50. The number of aliphatic hydroxyl groups is 2. The number of aromatic nitrogens is 2. The van der Waals surface area contributed by atoms with Crippen LogP contribution < -0.4 is 15.3 Å². The molecule has 0 radical (unpaired) electrons. The smallest absolute Gasteiger partial charge is 0.251 e. The first-order chi connectivity index (χ1) is 11.4. The third-order valence-electron chi connectivity index (χ3n) is 3.25. The highest BCUT2D eigenvalue weighted by atomic mass is 32.1. The maximum atomic E-state index is 11.4. The van der Waals surface area contributed by atoms with Crippen molar-refractivity contribution in [3.05, 3.63) is 27.4 Å². The predicted molar refractivity (Wildman–Crippen MR) is 80.1 cm³/mol. The van der Waals surface area contributed by atoms with Crippen LogP contribution in [0, 0.1) is 4.77 Å². The van der Waals surface area contributed by atoms with Gasteiger partial charge in [0.25, 0.3) is 5.56 Å². The lowest BCUT2D eigenvalue weighted by atomic mass is 10.1. The molecule has 1 fully saturated rings. The fraction of sp³-hybridized carbons (Fsp3) is 0.600. The van der Waals surface area contributed by atoms with E-state index in [1.54, 1.807) is 0 Å². The molecule has 2 unspecified atom stereocenters. The van der Waals surface area contributed by atoms with E-state index in [1.807, 2.05) is 0 Å². The monoisotopic (exact) mass is 416 g/mol. The van der Waals surface area contributed by atoms with Crippen LogP contribution in [0.15, 0.2) is 17.1 Å². The second-order valence-corrected chi connectivity index (χ2v) is 9.52. The van der Waals surface area contributed by atoms with E-state index in [9.17, 15) is 33.9 Å². The van der Waals surface area contributed by atoms with Crippen LogP contribution in [-0.4, -0.2) is 55.5 Å². The number of rotatable bonds is 6. The molecule has 0 aliphatic carbocycles. The number of ether oxygens (including phenoxy) is 1. The molecule has 1 aliphatic rings. The van der Waals surface area contributed by atoms with Crippen LogP contribution >= 0.6 is 27.4 Å². The molecule has 1 saturated heterocycles. The van der Waals surface area contributed by atoms with Gasteiger partial charge in [0.05, 0.1) is 12.5 Å². The van der Waals surface area contributed by atoms with Crippen LogP contribution in [0.1, 0.15) is 6.23 Å². The summed E-state index contributed by atoms with van der Waals surface area (Å²) in [6.45, 7) is -0.799. The first-order valence-electron chi connectivity index (χ1n) is 6.70. The van der Waals surface area contributed by atoms with Gasteiger partial charge in [0.1, 0.15) is 33.5 Å². The van der Waals surface area contributed by atoms with Crippen molar-refractivity contribution in [3.8, 4) is 0 Å². The molecule has 15 heteroatoms. The molecule has 6 atom stereocenters. The third kappa shape index (κ3) is 5.38. The van der Waals surface area contributed by atoms with Gasteiger partial charge in [-0.15, -0.1) is 0 Å². The van der Waals surface area contributed by atoms with E-state index < -0.39 is 57.8 Å². The molecule has 25 heavy (non-hydrogen) atoms. The van der Waals surface area contributed by atoms with Crippen molar-refractivity contribution in [3.63, 3.8) is 0 Å². The Balaban J connectivity index is 2.09. The van der Waals surface area contributed by atoms with Crippen LogP contribution in [0.3, 0.4) is 0 Å². The molecule has 1 aliphatic heterocycles. The summed E-state index contributed by atoms with van der Waals surface area (Å²) < 4.78 is 32.8. The van der Waals surface area contributed by atoms with E-state index in [2.05, 4.69) is 9.51 Å². The van der Waals surface area contributed by atoms with Crippen molar-refractivity contribution in [1.29, 1.82) is 0 Å². The van der Waals surface area contributed by atoms with Crippen molar-refractivity contribution in [2.75, 3.05) is 12.5 Å². The lowest BCUT2D eigenvalue weighted by Crippen LogP contribution is -2.34. The number of aliphatic hydroxyl groups excluding tert-OH is 2. The summed E-state index contributed by atoms with van der Waals surface area (Å²) in [5, 5.41) is 20.0. The highest BCUT2D eigenvalue weighted by molar-refractivity contribution is 7.71. The Bertz CT molecular complexity index is 833. The van der Waals surface area contributed by atoms with Gasteiger partial charge in [0.15, 0.2) is 11.0 Å². The molecular weight excluding hydrogens is 402 g/mol. The average Bonchev–Trinajstić information content (AvgIpc) is 2.71. The molecule has 0 amide bonds. The summed E-state index contributed by atoms with van der Waals surface area (Å²) in [5.74, 6) is -1.61. The van der Waals surface area contributed by atoms with Crippen LogP contribution in [0.5, 0.6) is 0 Å². The number of aromatic amines is 1. The van der Waals surface area contributed by atoms with Gasteiger partial charge in [-0.2, -0.15) is 0 Å². The second-order valence-electron chi connectivity index (χ2n) is 5.25. The van der Waals surface area contributed by atoms with Crippen LogP contribution in [0.25, 0.3) is 0 Å². The molecule has 4 N–H and O–H groups in total. The fourth-order valence-corrected chi connectivity index (χ4v) is 4.89. The van der Waals surface area contributed by atoms with Crippen LogP contribution in [0.2, 0.25) is 0 Å². The minimum absolute atomic E-state index is 0.104. The molecule has 2 rings (SSSR count). The number of hydrogen-bond acceptors (Lipinski definition) is 10. The first-order valence-corrected chi connectivity index (χ1v) is 10.6. The minimum atomic E-state index is -5.10. The predicted octanol–water partition coefficient (Wildman–Crippen LogP) is -2.40. The summed E-state index contributed by atoms with van der Waals surface area (Å²) in [6, 6.07) is 1.10. The van der Waals surface area contributed by atoms with Crippen molar-refractivity contribution in [1.82, 2.24) is 9.55 Å². The molecular formula is C10H14N2O10P2S-2. The second kappa shape index (κ2) is 7.49. The van der Waals surface area contributed by atoms with Gasteiger partial charge in [-0.3, -0.25) is 14.3 Å². The summed E-state index contributed by atoms with van der Waals surface area (Å²) in [4.78, 5) is 44.1. The van der Waals surface area contributed by atoms with Crippen LogP contribution in [-0.2, 0) is 18.4 Å². The average molecular weight is 416 g/mol. The van der Waals surface area contributed by atoms with Crippen LogP contribution in [0.4, 0.5) is 0 Å². The summed E-state index contributed by atoms with van der Waals surface area (Å²) in [7, 11) is -10.0. The van der Waals surface area contributed by atoms with E-state index >= 15 is 0 Å². The Morgan fingerprint density at radius 2 is 2.00 bits per heavy atom. The van der Waals surface area contributed by atoms with E-state index in [4.69, 9.17) is 21.8 Å². The van der Waals surface area contributed by atoms with Gasteiger partial charge in [-0.25, -0.2) is 0 Å². The summed E-state index contributed by atoms with van der Waals surface area (Å²) in [5.41, 5.74) is -0.493. The van der Waals surface area contributed by atoms with Gasteiger partial charge >= 0.3 is 0 Å². The fourth-order valence-electron chi connectivity index (χ4n) is 2.17. The zero-order chi connectivity index (χ0) is 19.0. The largest absolute Gasteiger partial charge is 0.778 e. The topological polar surface area (TPSA) is 197 Å². The lowest BCUT2D eigenvalue weighted by molar-refractivity contribution is -0.207. The first kappa shape index (κ1) is 20.6. The number of hydrogen-bond donors (Lipinski definition) is 4. The number of nitrogens with one attached hydrogen (secondary N) is 1. The molecule has 0 aromatic carbocycles. The Morgan fingerprint density at radius 3 is 2.56 bits per heavy atom. The molecule has 0 spiro atoms. The number of nitrogens with zero attached hydrogens (tertiary/aromatic N) is 1. The molecule has 0 saturated carbocycles. The van der Waals surface area contributed by atoms with Crippen molar-refractivity contribution in [2.24, 2.45) is 0 Å². The van der Waals surface area contributed by atoms with Gasteiger partial charge in [0.2, 0.25) is 0 Å². The zero-order valence-corrected chi connectivity index (χ0v) is 14.9. The van der Waals surface area contributed by atoms with Crippen molar-refractivity contribution < 1.29 is 43.3 Å². The van der Waals surface area contributed by atoms with E-state index in [0.29, 0.717) is 0 Å². The Labute approximate surface area is 145 Å². The number of H-pyrrole nitrogens is 1. The quantitative estimate of drug-likeness (QED) is 0.285. The van der Waals surface area contributed by atoms with E-state index in [1.165, 1.54) is 6.20 Å². The standard InChI is InChI=1S/C10H16N2O10P2S/c13-6-1-2-12(10(25)11-6)9-8(15)7(14)5(22-9)3-21-24(19,20)4-23(16,17)18/h1-2,5,7-9,14-15H,3-4H2,(H,19,20)(H,11,13,25)(H2,16,17,18)/p-2/t5-,7-,8-,9-/m1/s1. The van der Waals surface area contributed by atoms with E-state index in [0.717, 1.165) is 10.6 Å².